The summed E-state index contributed by atoms with van der Waals surface area (Å²) in [5.41, 5.74) is 1.46. The molecule has 142 valence electrons. The van der Waals surface area contributed by atoms with Crippen molar-refractivity contribution in [2.45, 2.75) is 31.3 Å². The molecular weight excluding hydrogens is 366 g/mol. The Morgan fingerprint density at radius 1 is 1.22 bits per heavy atom. The zero-order valence-electron chi connectivity index (χ0n) is 14.7. The molecule has 1 saturated carbocycles. The molecule has 1 aromatic heterocycles. The summed E-state index contributed by atoms with van der Waals surface area (Å²) < 4.78 is 0. The number of carbonyl (C=O) groups excluding carboxylic acids is 2. The molecule has 7 nitrogen and oxygen atoms in total. The van der Waals surface area contributed by atoms with Gasteiger partial charge in [-0.2, -0.15) is 0 Å². The number of benzene rings is 1. The second kappa shape index (κ2) is 7.26. The van der Waals surface area contributed by atoms with Crippen LogP contribution in [0.1, 0.15) is 29.6 Å². The number of para-hydroxylation sites is 1. The number of carboxylic acids is 1. The van der Waals surface area contributed by atoms with Crippen molar-refractivity contribution in [2.75, 3.05) is 11.6 Å². The lowest BCUT2D eigenvalue weighted by molar-refractivity contribution is -0.141. The molecule has 2 aromatic rings. The highest BCUT2D eigenvalue weighted by Gasteiger charge is 2.38. The van der Waals surface area contributed by atoms with Gasteiger partial charge >= 0.3 is 5.97 Å². The minimum atomic E-state index is -0.806. The molecule has 4 rings (SSSR count). The highest BCUT2D eigenvalue weighted by Crippen LogP contribution is 2.29. The van der Waals surface area contributed by atoms with Crippen LogP contribution in [0.5, 0.6) is 0 Å². The van der Waals surface area contributed by atoms with Crippen LogP contribution in [0.25, 0.3) is 10.9 Å². The van der Waals surface area contributed by atoms with Gasteiger partial charge in [0.05, 0.1) is 17.4 Å². The molecule has 1 aliphatic heterocycles. The van der Waals surface area contributed by atoms with Crippen LogP contribution >= 0.6 is 11.8 Å². The molecule has 1 aromatic carbocycles. The molecule has 1 aliphatic carbocycles. The van der Waals surface area contributed by atoms with E-state index in [4.69, 9.17) is 5.11 Å². The molecule has 27 heavy (non-hydrogen) atoms. The molecule has 2 heterocycles. The molecule has 2 amide bonds. The number of amides is 2. The predicted molar refractivity (Wildman–Crippen MR) is 102 cm³/mol. The molecule has 3 atom stereocenters. The molecule has 2 fully saturated rings. The Morgan fingerprint density at radius 2 is 2.04 bits per heavy atom. The molecular formula is C19H21N3O4S. The number of aromatic amines is 1. The number of H-pyrrole nitrogens is 1. The Kier molecular flexibility index (Phi) is 4.82. The molecule has 0 bridgehead atoms. The van der Waals surface area contributed by atoms with Crippen LogP contribution < -0.4 is 5.32 Å². The molecule has 1 unspecified atom stereocenters. The quantitative estimate of drug-likeness (QED) is 0.745. The number of nitrogens with one attached hydrogen (secondary N) is 2. The maximum atomic E-state index is 13.1. The second-order valence-corrected chi connectivity index (χ2v) is 8.09. The van der Waals surface area contributed by atoms with Crippen LogP contribution in [-0.2, 0) is 9.59 Å². The largest absolute Gasteiger partial charge is 0.481 e. The van der Waals surface area contributed by atoms with Gasteiger partial charge in [0.25, 0.3) is 5.91 Å². The SMILES string of the molecule is O=C(N[C@@H]1CC[C@H](C(=O)O)C1)C1CSCN1C(=O)c1c[nH]c2ccccc12. The lowest BCUT2D eigenvalue weighted by Gasteiger charge is -2.24. The standard InChI is InChI=1S/C19H21N3O4S/c23-17(21-12-6-5-11(7-12)19(25)26)16-9-27-10-22(16)18(24)14-8-20-15-4-2-1-3-13(14)15/h1-4,8,11-12,16,20H,5-7,9-10H2,(H,21,23)(H,25,26)/t11-,12+,16?/m0/s1. The number of aliphatic carboxylic acids is 1. The number of hydrogen-bond donors (Lipinski definition) is 3. The van der Waals surface area contributed by atoms with Crippen LogP contribution in [0.3, 0.4) is 0 Å². The van der Waals surface area contributed by atoms with Crippen molar-refractivity contribution in [1.29, 1.82) is 0 Å². The molecule has 3 N–H and O–H groups in total. The highest BCUT2D eigenvalue weighted by atomic mass is 32.2. The van der Waals surface area contributed by atoms with E-state index < -0.39 is 17.9 Å². The van der Waals surface area contributed by atoms with Gasteiger partial charge in [0.1, 0.15) is 6.04 Å². The summed E-state index contributed by atoms with van der Waals surface area (Å²) >= 11 is 1.55. The number of aromatic nitrogens is 1. The molecule has 8 heteroatoms. The average Bonchev–Trinajstić information content (AvgIpc) is 3.39. The van der Waals surface area contributed by atoms with Crippen LogP contribution in [0.2, 0.25) is 0 Å². The summed E-state index contributed by atoms with van der Waals surface area (Å²) in [6.45, 7) is 0. The van der Waals surface area contributed by atoms with Crippen LogP contribution in [-0.4, -0.2) is 56.5 Å². The van der Waals surface area contributed by atoms with Crippen LogP contribution in [0.4, 0.5) is 0 Å². The number of thioether (sulfide) groups is 1. The fourth-order valence-electron chi connectivity index (χ4n) is 3.90. The zero-order valence-corrected chi connectivity index (χ0v) is 15.5. The van der Waals surface area contributed by atoms with E-state index in [-0.39, 0.29) is 17.9 Å². The topological polar surface area (TPSA) is 102 Å². The first-order valence-corrected chi connectivity index (χ1v) is 10.2. The Hall–Kier alpha value is -2.48. The maximum absolute atomic E-state index is 13.1. The Bertz CT molecular complexity index is 896. The molecule has 1 saturated heterocycles. The van der Waals surface area contributed by atoms with Gasteiger partial charge in [-0.1, -0.05) is 18.2 Å². The van der Waals surface area contributed by atoms with Crippen LogP contribution in [0.15, 0.2) is 30.5 Å². The van der Waals surface area contributed by atoms with Crippen molar-refractivity contribution in [1.82, 2.24) is 15.2 Å². The van der Waals surface area contributed by atoms with Crippen molar-refractivity contribution >= 4 is 40.4 Å². The van der Waals surface area contributed by atoms with Gasteiger partial charge in [0.2, 0.25) is 5.91 Å². The van der Waals surface area contributed by atoms with Gasteiger partial charge in [-0.15, -0.1) is 11.8 Å². The van der Waals surface area contributed by atoms with Gasteiger partial charge in [0.15, 0.2) is 0 Å². The third-order valence-corrected chi connectivity index (χ3v) is 6.41. The predicted octanol–water partition coefficient (Wildman–Crippen LogP) is 2.05. The fraction of sp³-hybridized carbons (Fsp3) is 0.421. The van der Waals surface area contributed by atoms with E-state index in [9.17, 15) is 14.4 Å². The van der Waals surface area contributed by atoms with Crippen molar-refractivity contribution < 1.29 is 19.5 Å². The third-order valence-electron chi connectivity index (χ3n) is 5.39. The number of hydrogen-bond acceptors (Lipinski definition) is 4. The lowest BCUT2D eigenvalue weighted by Crippen LogP contribution is -2.49. The summed E-state index contributed by atoms with van der Waals surface area (Å²) in [5.74, 6) is -0.526. The minimum absolute atomic E-state index is 0.130. The van der Waals surface area contributed by atoms with E-state index in [1.165, 1.54) is 0 Å². The van der Waals surface area contributed by atoms with E-state index in [2.05, 4.69) is 10.3 Å². The summed E-state index contributed by atoms with van der Waals surface area (Å²) in [6, 6.07) is 6.93. The minimum Gasteiger partial charge on any atom is -0.481 e. The first-order valence-electron chi connectivity index (χ1n) is 9.02. The lowest BCUT2D eigenvalue weighted by atomic mass is 10.1. The number of fused-ring (bicyclic) bond motifs is 1. The van der Waals surface area contributed by atoms with Crippen molar-refractivity contribution in [3.63, 3.8) is 0 Å². The van der Waals surface area contributed by atoms with E-state index in [0.29, 0.717) is 36.5 Å². The Labute approximate surface area is 160 Å². The number of carbonyl (C=O) groups is 3. The first kappa shape index (κ1) is 17.9. The Balaban J connectivity index is 1.46. The summed E-state index contributed by atoms with van der Waals surface area (Å²) in [7, 11) is 0. The third kappa shape index (κ3) is 3.41. The molecule has 0 spiro atoms. The van der Waals surface area contributed by atoms with E-state index in [1.54, 1.807) is 22.9 Å². The number of nitrogens with zero attached hydrogens (tertiary/aromatic N) is 1. The van der Waals surface area contributed by atoms with Gasteiger partial charge in [-0.25, -0.2) is 0 Å². The monoisotopic (exact) mass is 387 g/mol. The number of rotatable bonds is 4. The zero-order chi connectivity index (χ0) is 19.0. The fourth-order valence-corrected chi connectivity index (χ4v) is 5.05. The summed E-state index contributed by atoms with van der Waals surface area (Å²) in [6.07, 6.45) is 3.40. The van der Waals surface area contributed by atoms with Gasteiger partial charge in [-0.05, 0) is 25.3 Å². The Morgan fingerprint density at radius 3 is 2.81 bits per heavy atom. The first-order chi connectivity index (χ1) is 13.0. The van der Waals surface area contributed by atoms with Crippen molar-refractivity contribution in [3.05, 3.63) is 36.0 Å². The highest BCUT2D eigenvalue weighted by molar-refractivity contribution is 7.99. The molecule has 2 aliphatic rings. The van der Waals surface area contributed by atoms with Crippen molar-refractivity contribution in [2.24, 2.45) is 5.92 Å². The van der Waals surface area contributed by atoms with Crippen LogP contribution in [0, 0.1) is 5.92 Å². The van der Waals surface area contributed by atoms with Crippen molar-refractivity contribution in [3.8, 4) is 0 Å². The van der Waals surface area contributed by atoms with Gasteiger partial charge < -0.3 is 20.3 Å². The summed E-state index contributed by atoms with van der Waals surface area (Å²) in [4.78, 5) is 41.6. The summed E-state index contributed by atoms with van der Waals surface area (Å²) in [5, 5.41) is 12.9. The maximum Gasteiger partial charge on any atom is 0.306 e. The van der Waals surface area contributed by atoms with Gasteiger partial charge in [0, 0.05) is 28.9 Å². The average molecular weight is 387 g/mol. The normalized spacial score (nSPS) is 25.0. The molecule has 0 radical (unpaired) electrons. The van der Waals surface area contributed by atoms with Gasteiger partial charge in [-0.3, -0.25) is 14.4 Å². The van der Waals surface area contributed by atoms with E-state index in [1.807, 2.05) is 24.3 Å². The smallest absolute Gasteiger partial charge is 0.306 e. The van der Waals surface area contributed by atoms with E-state index >= 15 is 0 Å². The number of carboxylic acid groups (broad SMARTS) is 1. The van der Waals surface area contributed by atoms with E-state index in [0.717, 1.165) is 10.9 Å². The second-order valence-electron chi connectivity index (χ2n) is 7.09.